The number of nitrogens with one attached hydrogen (secondary N) is 2. The molecule has 0 bridgehead atoms. The number of carbonyl (C=O) groups is 1. The Morgan fingerprint density at radius 1 is 0.529 bits per heavy atom. The summed E-state index contributed by atoms with van der Waals surface area (Å²) in [6.45, 7) is 0. The summed E-state index contributed by atoms with van der Waals surface area (Å²) in [5.41, 5.74) is 0.109. The summed E-state index contributed by atoms with van der Waals surface area (Å²) in [6, 6.07) is 26.4. The molecule has 0 radical (unpaired) electrons. The van der Waals surface area contributed by atoms with E-state index in [0.29, 0.717) is 11.4 Å². The van der Waals surface area contributed by atoms with Gasteiger partial charge >= 0.3 is 35.6 Å². The van der Waals surface area contributed by atoms with Crippen molar-refractivity contribution in [3.63, 3.8) is 0 Å². The van der Waals surface area contributed by atoms with Gasteiger partial charge in [-0.1, -0.05) is 36.4 Å². The van der Waals surface area contributed by atoms with Gasteiger partial charge in [-0.2, -0.15) is 27.1 Å². The molecule has 6 aromatic rings. The number of fused-ring (bicyclic) bond motifs is 2. The summed E-state index contributed by atoms with van der Waals surface area (Å²) in [7, 11) is -9.75. The van der Waals surface area contributed by atoms with Crippen LogP contribution >= 0.6 is 0 Å². The second kappa shape index (κ2) is 14.9. The van der Waals surface area contributed by atoms with Crippen LogP contribution in [-0.2, 0) is 20.2 Å². The van der Waals surface area contributed by atoms with Crippen LogP contribution in [0.2, 0.25) is 0 Å². The molecule has 18 heteroatoms. The first kappa shape index (κ1) is 37.0. The fourth-order valence-electron chi connectivity index (χ4n) is 4.94. The molecule has 0 heterocycles. The first-order valence-corrected chi connectivity index (χ1v) is 17.2. The largest absolute Gasteiger partial charge is 1.00 e. The van der Waals surface area contributed by atoms with E-state index in [2.05, 4.69) is 31.1 Å². The van der Waals surface area contributed by atoms with Crippen molar-refractivity contribution in [2.45, 2.75) is 9.79 Å². The summed E-state index contributed by atoms with van der Waals surface area (Å²) in [6.07, 6.45) is 0. The number of aromatic hydroxyl groups is 2. The number of hydrogen-bond donors (Lipinski definition) is 6. The van der Waals surface area contributed by atoms with E-state index in [9.17, 15) is 40.9 Å². The van der Waals surface area contributed by atoms with Crippen LogP contribution in [0.5, 0.6) is 11.5 Å². The Kier molecular flexibility index (Phi) is 10.8. The number of nitrogens with zero attached hydrogens (tertiary/aromatic N) is 4. The van der Waals surface area contributed by atoms with Gasteiger partial charge in [0.15, 0.2) is 11.5 Å². The summed E-state index contributed by atoms with van der Waals surface area (Å²) < 4.78 is 68.6. The van der Waals surface area contributed by atoms with E-state index in [1.807, 2.05) is 0 Å². The Bertz CT molecular complexity index is 2410. The maximum Gasteiger partial charge on any atom is 1.00 e. The first-order valence-electron chi connectivity index (χ1n) is 14.3. The Hall–Kier alpha value is -5.27. The zero-order valence-electron chi connectivity index (χ0n) is 26.3. The average Bonchev–Trinajstić information content (AvgIpc) is 3.07. The number of anilines is 2. The molecule has 15 nitrogen and oxygen atoms in total. The summed E-state index contributed by atoms with van der Waals surface area (Å²) in [5.74, 6) is -1.14. The van der Waals surface area contributed by atoms with Crippen LogP contribution in [-0.4, -0.2) is 42.2 Å². The fraction of sp³-hybridized carbons (Fsp3) is 0. The second-order valence-corrected chi connectivity index (χ2v) is 13.4. The number of amides is 2. The third-order valence-corrected chi connectivity index (χ3v) is 8.95. The standard InChI is InChI=1S/C33H24N6O9S2.Na/c40-31-25-13-11-23(15-19(25)17-27(49(43,44)45)29(31)38-36-21-7-3-1-4-8-21)34-33(42)35-24-12-14-26-20(16-24)18-28(50(46,47)48)30(32(26)41)39-37-22-9-5-2-6-10-22;/h1-18,40-41H,(H2,34,35,42)(H,43,44,45)(H,46,47,48);/q;+1. The third kappa shape index (κ3) is 8.38. The molecule has 0 aliphatic carbocycles. The molecule has 0 saturated carbocycles. The molecule has 0 fully saturated rings. The van der Waals surface area contributed by atoms with E-state index in [0.717, 1.165) is 12.1 Å². The molecule has 0 aliphatic rings. The number of benzene rings is 6. The number of carbonyl (C=O) groups excluding carboxylic acids is 1. The Labute approximate surface area is 312 Å². The van der Waals surface area contributed by atoms with Gasteiger partial charge in [-0.15, -0.1) is 10.2 Å². The van der Waals surface area contributed by atoms with E-state index >= 15 is 0 Å². The smallest absolute Gasteiger partial charge is 0.505 e. The number of hydrogen-bond acceptors (Lipinski definition) is 11. The van der Waals surface area contributed by atoms with Crippen LogP contribution in [0.15, 0.2) is 139 Å². The van der Waals surface area contributed by atoms with Crippen LogP contribution in [0, 0.1) is 0 Å². The van der Waals surface area contributed by atoms with Crippen molar-refractivity contribution in [1.29, 1.82) is 0 Å². The monoisotopic (exact) mass is 735 g/mol. The number of azo groups is 2. The molecule has 0 atom stereocenters. The van der Waals surface area contributed by atoms with E-state index in [1.165, 1.54) is 36.4 Å². The first-order chi connectivity index (χ1) is 23.8. The molecule has 0 saturated heterocycles. The van der Waals surface area contributed by atoms with Gasteiger partial charge in [-0.25, -0.2) is 4.79 Å². The SMILES string of the molecule is O=C(Nc1ccc2c(O)c(N=Nc3ccccc3)c(S(=O)(=O)O)cc2c1)Nc1ccc2c(O)c(N=Nc3ccccc3)c(S(=O)(=O)O)cc2c1.[Na+]. The molecule has 6 rings (SSSR count). The molecule has 252 valence electrons. The van der Waals surface area contributed by atoms with Gasteiger partial charge in [0.05, 0.1) is 11.4 Å². The van der Waals surface area contributed by atoms with Crippen molar-refractivity contribution in [2.75, 3.05) is 10.6 Å². The maximum atomic E-state index is 12.9. The summed E-state index contributed by atoms with van der Waals surface area (Å²) in [4.78, 5) is 11.5. The van der Waals surface area contributed by atoms with Crippen molar-refractivity contribution < 1.29 is 70.5 Å². The molecule has 0 spiro atoms. The zero-order valence-corrected chi connectivity index (χ0v) is 30.0. The predicted molar refractivity (Wildman–Crippen MR) is 185 cm³/mol. The number of urea groups is 1. The van der Waals surface area contributed by atoms with E-state index in [-0.39, 0.29) is 62.5 Å². The summed E-state index contributed by atoms with van der Waals surface area (Å²) in [5, 5.41) is 43.1. The molecular weight excluding hydrogens is 712 g/mol. The van der Waals surface area contributed by atoms with Gasteiger partial charge < -0.3 is 20.8 Å². The van der Waals surface area contributed by atoms with Crippen LogP contribution in [0.4, 0.5) is 38.9 Å². The molecule has 0 aromatic heterocycles. The molecule has 0 unspecified atom stereocenters. The minimum Gasteiger partial charge on any atom is -0.505 e. The molecular formula is C33H24N6NaO9S2+. The molecule has 0 aliphatic heterocycles. The maximum absolute atomic E-state index is 12.9. The Morgan fingerprint density at radius 2 is 0.902 bits per heavy atom. The minimum absolute atomic E-state index is 0. The molecule has 2 amide bonds. The molecule has 6 N–H and O–H groups in total. The molecule has 51 heavy (non-hydrogen) atoms. The van der Waals surface area contributed by atoms with E-state index in [4.69, 9.17) is 0 Å². The van der Waals surface area contributed by atoms with Gasteiger partial charge in [0.1, 0.15) is 21.2 Å². The van der Waals surface area contributed by atoms with Gasteiger partial charge in [0.2, 0.25) is 0 Å². The summed E-state index contributed by atoms with van der Waals surface area (Å²) >= 11 is 0. The number of rotatable bonds is 8. The zero-order chi connectivity index (χ0) is 35.6. The van der Waals surface area contributed by atoms with Gasteiger partial charge in [0.25, 0.3) is 20.2 Å². The topological polar surface area (TPSA) is 240 Å². The average molecular weight is 736 g/mol. The quantitative estimate of drug-likeness (QED) is 0.0667. The number of phenols is 2. The second-order valence-electron chi connectivity index (χ2n) is 10.6. The van der Waals surface area contributed by atoms with Crippen molar-refractivity contribution in [1.82, 2.24) is 0 Å². The van der Waals surface area contributed by atoms with Gasteiger partial charge in [0, 0.05) is 22.1 Å². The van der Waals surface area contributed by atoms with Crippen LogP contribution in [0.25, 0.3) is 21.5 Å². The van der Waals surface area contributed by atoms with Crippen LogP contribution in [0.1, 0.15) is 0 Å². The van der Waals surface area contributed by atoms with Crippen molar-refractivity contribution in [3.8, 4) is 11.5 Å². The van der Waals surface area contributed by atoms with E-state index in [1.54, 1.807) is 60.7 Å². The van der Waals surface area contributed by atoms with Gasteiger partial charge in [-0.3, -0.25) is 9.11 Å². The number of phenolic OH excluding ortho intramolecular Hbond substituents is 2. The van der Waals surface area contributed by atoms with Crippen molar-refractivity contribution in [2.24, 2.45) is 20.5 Å². The normalized spacial score (nSPS) is 12.0. The van der Waals surface area contributed by atoms with Crippen LogP contribution < -0.4 is 40.2 Å². The third-order valence-electron chi connectivity index (χ3n) is 7.22. The van der Waals surface area contributed by atoms with Crippen molar-refractivity contribution >= 4 is 81.9 Å². The van der Waals surface area contributed by atoms with Crippen LogP contribution in [0.3, 0.4) is 0 Å². The Balaban J connectivity index is 0.00000504. The van der Waals surface area contributed by atoms with E-state index < -0.39 is 58.9 Å². The molecule has 6 aromatic carbocycles. The predicted octanol–water partition coefficient (Wildman–Crippen LogP) is 5.38. The Morgan fingerprint density at radius 3 is 1.25 bits per heavy atom. The van der Waals surface area contributed by atoms with Gasteiger partial charge in [-0.05, 0) is 83.6 Å². The van der Waals surface area contributed by atoms with Crippen molar-refractivity contribution in [3.05, 3.63) is 109 Å². The minimum atomic E-state index is -4.88. The fourth-order valence-corrected chi connectivity index (χ4v) is 6.26.